The maximum absolute atomic E-state index is 7.41. The molecule has 5 atom stereocenters. The van der Waals surface area contributed by atoms with Crippen LogP contribution in [0.5, 0.6) is 0 Å². The zero-order chi connectivity index (χ0) is 39.2. The monoisotopic (exact) mass is 788 g/mol. The van der Waals surface area contributed by atoms with E-state index in [4.69, 9.17) is 28.4 Å². The van der Waals surface area contributed by atoms with Crippen LogP contribution in [-0.4, -0.2) is 31.0 Å². The zero-order valence-corrected chi connectivity index (χ0v) is 33.5. The lowest BCUT2D eigenvalue weighted by Gasteiger charge is -2.51. The van der Waals surface area contributed by atoms with Gasteiger partial charge in [-0.05, 0) is 62.9 Å². The summed E-state index contributed by atoms with van der Waals surface area (Å²) in [4.78, 5) is 0. The van der Waals surface area contributed by atoms with Gasteiger partial charge in [-0.1, -0.05) is 153 Å². The van der Waals surface area contributed by atoms with Gasteiger partial charge in [-0.15, -0.1) is 11.3 Å². The summed E-state index contributed by atoms with van der Waals surface area (Å²) in [5.41, 5.74) is 9.94. The highest BCUT2D eigenvalue weighted by atomic mass is 32.1. The zero-order valence-electron chi connectivity index (χ0n) is 32.7. The molecule has 0 radical (unpaired) electrons. The topological polar surface area (TPSA) is 55.4 Å². The van der Waals surface area contributed by atoms with Gasteiger partial charge in [-0.3, -0.25) is 0 Å². The number of fused-ring (bicyclic) bond motifs is 3. The quantitative estimate of drug-likeness (QED) is 0.103. The van der Waals surface area contributed by atoms with E-state index in [2.05, 4.69) is 97.2 Å². The molecule has 7 heteroatoms. The van der Waals surface area contributed by atoms with Crippen molar-refractivity contribution >= 4 is 21.4 Å². The van der Waals surface area contributed by atoms with E-state index in [0.29, 0.717) is 33.0 Å². The maximum atomic E-state index is 7.41. The Bertz CT molecular complexity index is 2370. The molecule has 58 heavy (non-hydrogen) atoms. The van der Waals surface area contributed by atoms with E-state index in [0.717, 1.165) is 45.2 Å². The molecule has 9 rings (SSSR count). The minimum absolute atomic E-state index is 0.251. The molecule has 0 unspecified atom stereocenters. The summed E-state index contributed by atoms with van der Waals surface area (Å²) in [5.74, 6) is -1.32. The first-order valence-electron chi connectivity index (χ1n) is 20.2. The van der Waals surface area contributed by atoms with Crippen molar-refractivity contribution in [2.45, 2.75) is 76.6 Å². The Morgan fingerprint density at radius 1 is 0.603 bits per heavy atom. The van der Waals surface area contributed by atoms with E-state index >= 15 is 0 Å². The smallest absolute Gasteiger partial charge is 0.226 e. The Balaban J connectivity index is 1.15. The summed E-state index contributed by atoms with van der Waals surface area (Å²) in [5, 5.41) is 3.42. The molecule has 1 spiro atoms. The summed E-state index contributed by atoms with van der Waals surface area (Å²) in [6, 6.07) is 54.4. The molecule has 2 aliphatic rings. The van der Waals surface area contributed by atoms with Crippen LogP contribution in [0.25, 0.3) is 21.2 Å². The molecule has 0 bridgehead atoms. The van der Waals surface area contributed by atoms with Gasteiger partial charge in [0.15, 0.2) is 0 Å². The fraction of sp³-hybridized carbons (Fsp3) is 0.255. The van der Waals surface area contributed by atoms with Gasteiger partial charge in [0, 0.05) is 21.2 Å². The highest BCUT2D eigenvalue weighted by Crippen LogP contribution is 2.51. The molecule has 6 aromatic carbocycles. The minimum Gasteiger partial charge on any atom is -0.374 e. The van der Waals surface area contributed by atoms with Crippen molar-refractivity contribution < 1.29 is 28.4 Å². The lowest BCUT2D eigenvalue weighted by Crippen LogP contribution is -2.65. The van der Waals surface area contributed by atoms with Crippen LogP contribution in [0, 0.1) is 0 Å². The van der Waals surface area contributed by atoms with Crippen LogP contribution in [0.4, 0.5) is 0 Å². The van der Waals surface area contributed by atoms with E-state index in [1.165, 1.54) is 21.4 Å². The molecule has 1 aromatic heterocycles. The third kappa shape index (κ3) is 8.31. The number of hydrogen-bond donors (Lipinski definition) is 0. The van der Waals surface area contributed by atoms with E-state index < -0.39 is 30.2 Å². The average molecular weight is 789 g/mol. The number of benzene rings is 6. The number of thiophene rings is 1. The maximum Gasteiger partial charge on any atom is 0.226 e. The number of rotatable bonds is 15. The summed E-state index contributed by atoms with van der Waals surface area (Å²) in [7, 11) is 0. The Kier molecular flexibility index (Phi) is 11.9. The van der Waals surface area contributed by atoms with Crippen LogP contribution in [0.1, 0.15) is 45.9 Å². The van der Waals surface area contributed by atoms with E-state index in [9.17, 15) is 0 Å². The Morgan fingerprint density at radius 2 is 1.16 bits per heavy atom. The van der Waals surface area contributed by atoms with Gasteiger partial charge < -0.3 is 28.4 Å². The second kappa shape index (κ2) is 17.9. The summed E-state index contributed by atoms with van der Waals surface area (Å²) in [6.07, 6.45) is -1.48. The van der Waals surface area contributed by atoms with Crippen molar-refractivity contribution in [3.63, 3.8) is 0 Å². The van der Waals surface area contributed by atoms with Gasteiger partial charge in [0.05, 0.1) is 39.6 Å². The first-order valence-corrected chi connectivity index (χ1v) is 21.1. The molecule has 0 saturated carbocycles. The lowest BCUT2D eigenvalue weighted by molar-refractivity contribution is -0.387. The molecule has 2 aliphatic heterocycles. The van der Waals surface area contributed by atoms with Gasteiger partial charge in [0.1, 0.15) is 24.4 Å². The summed E-state index contributed by atoms with van der Waals surface area (Å²) in [6.45, 7) is 4.28. The summed E-state index contributed by atoms with van der Waals surface area (Å²) >= 11 is 1.76. The predicted octanol–water partition coefficient (Wildman–Crippen LogP) is 11.2. The molecular weight excluding hydrogens is 741 g/mol. The molecule has 0 aliphatic carbocycles. The van der Waals surface area contributed by atoms with Gasteiger partial charge in [0.25, 0.3) is 0 Å². The van der Waals surface area contributed by atoms with Crippen LogP contribution < -0.4 is 0 Å². The fourth-order valence-electron chi connectivity index (χ4n) is 8.14. The van der Waals surface area contributed by atoms with Crippen LogP contribution >= 0.6 is 11.3 Å². The minimum atomic E-state index is -1.32. The summed E-state index contributed by atoms with van der Waals surface area (Å²) < 4.78 is 43.3. The van der Waals surface area contributed by atoms with Crippen molar-refractivity contribution in [2.24, 2.45) is 0 Å². The molecule has 1 fully saturated rings. The van der Waals surface area contributed by atoms with Crippen molar-refractivity contribution in [2.75, 3.05) is 6.61 Å². The molecule has 0 amide bonds. The molecule has 0 N–H and O–H groups in total. The first kappa shape index (κ1) is 38.6. The standard InChI is InChI=1S/C51H48O6S/c1-2-36-23-25-41(26-24-36)44-35-58-47-27-42-33-56-51(45(42)28-43(44)47)50(55-32-40-21-13-6-14-22-40)49(54-31-39-19-11-5-12-20-39)48(53-30-38-17-9-4-10-18-38)46(57-51)34-52-29-37-15-7-3-8-16-37/h3-28,35,46,48-50H,2,29-34H2,1H3/t46-,48-,49+,50-,51+/m1/s1. The molecular formula is C51H48O6S. The second-order valence-corrected chi connectivity index (χ2v) is 16.0. The number of ether oxygens (including phenoxy) is 6. The van der Waals surface area contributed by atoms with Crippen molar-refractivity contribution in [1.82, 2.24) is 0 Å². The number of hydrogen-bond acceptors (Lipinski definition) is 7. The van der Waals surface area contributed by atoms with Gasteiger partial charge in [-0.25, -0.2) is 0 Å². The van der Waals surface area contributed by atoms with Gasteiger partial charge in [-0.2, -0.15) is 0 Å². The van der Waals surface area contributed by atoms with Gasteiger partial charge in [0.2, 0.25) is 5.79 Å². The third-order valence-electron chi connectivity index (χ3n) is 11.2. The van der Waals surface area contributed by atoms with Crippen molar-refractivity contribution in [3.05, 3.63) is 202 Å². The SMILES string of the molecule is CCc1ccc(-c2csc3cc4c(cc23)[C@]2(OC4)O[C@H](COCc3ccccc3)[C@@H](OCc3ccccc3)[C@H](OCc3ccccc3)[C@H]2OCc2ccccc2)cc1. The van der Waals surface area contributed by atoms with Crippen molar-refractivity contribution in [3.8, 4) is 11.1 Å². The highest BCUT2D eigenvalue weighted by molar-refractivity contribution is 7.17. The normalized spacial score (nSPS) is 21.4. The Hall–Kier alpha value is -4.96. The fourth-order valence-corrected chi connectivity index (χ4v) is 9.15. The molecule has 3 heterocycles. The average Bonchev–Trinajstić information content (AvgIpc) is 3.86. The van der Waals surface area contributed by atoms with Gasteiger partial charge >= 0.3 is 0 Å². The third-order valence-corrected chi connectivity index (χ3v) is 12.2. The largest absolute Gasteiger partial charge is 0.374 e. The predicted molar refractivity (Wildman–Crippen MR) is 229 cm³/mol. The first-order chi connectivity index (χ1) is 28.7. The highest BCUT2D eigenvalue weighted by Gasteiger charge is 2.61. The number of aryl methyl sites for hydroxylation is 1. The molecule has 294 valence electrons. The molecule has 1 saturated heterocycles. The van der Waals surface area contributed by atoms with Crippen LogP contribution in [0.2, 0.25) is 0 Å². The lowest BCUT2D eigenvalue weighted by atomic mass is 9.86. The van der Waals surface area contributed by atoms with Crippen LogP contribution in [0.3, 0.4) is 0 Å². The van der Waals surface area contributed by atoms with Crippen molar-refractivity contribution in [1.29, 1.82) is 0 Å². The van der Waals surface area contributed by atoms with E-state index in [1.807, 2.05) is 72.8 Å². The van der Waals surface area contributed by atoms with E-state index in [-0.39, 0.29) is 6.61 Å². The van der Waals surface area contributed by atoms with Crippen LogP contribution in [0.15, 0.2) is 163 Å². The Morgan fingerprint density at radius 3 is 1.74 bits per heavy atom. The molecule has 6 nitrogen and oxygen atoms in total. The van der Waals surface area contributed by atoms with Crippen LogP contribution in [-0.2, 0) is 73.7 Å². The van der Waals surface area contributed by atoms with E-state index in [1.54, 1.807) is 11.3 Å². The molecule has 7 aromatic rings. The second-order valence-electron chi connectivity index (χ2n) is 15.1. The Labute approximate surface area is 344 Å².